The van der Waals surface area contributed by atoms with Gasteiger partial charge >= 0.3 is 5.97 Å². The average molecular weight is 349 g/mol. The van der Waals surface area contributed by atoms with Gasteiger partial charge in [-0.3, -0.25) is 14.3 Å². The van der Waals surface area contributed by atoms with Crippen molar-refractivity contribution < 1.29 is 14.7 Å². The quantitative estimate of drug-likeness (QED) is 0.758. The number of aliphatic carboxylic acids is 1. The van der Waals surface area contributed by atoms with Gasteiger partial charge in [-0.2, -0.15) is 5.10 Å². The summed E-state index contributed by atoms with van der Waals surface area (Å²) in [5.41, 5.74) is 3.38. The minimum Gasteiger partial charge on any atom is -0.481 e. The third-order valence-corrected chi connectivity index (χ3v) is 5.01. The molecule has 4 rings (SSSR count). The number of amides is 1. The second-order valence-electron chi connectivity index (χ2n) is 6.64. The summed E-state index contributed by atoms with van der Waals surface area (Å²) in [6.45, 7) is 0. The number of carbonyl (C=O) groups excluding carboxylic acids is 1. The zero-order chi connectivity index (χ0) is 18.3. The van der Waals surface area contributed by atoms with Crippen LogP contribution in [0.5, 0.6) is 0 Å². The Morgan fingerprint density at radius 1 is 1.15 bits per heavy atom. The van der Waals surface area contributed by atoms with Crippen LogP contribution in [0.3, 0.4) is 0 Å². The molecular formula is C20H19N3O3. The lowest BCUT2D eigenvalue weighted by molar-refractivity contribution is -0.139. The summed E-state index contributed by atoms with van der Waals surface area (Å²) in [5, 5.41) is 17.8. The number of hydrogen-bond donors (Lipinski definition) is 2. The van der Waals surface area contributed by atoms with Crippen molar-refractivity contribution in [1.29, 1.82) is 0 Å². The maximum atomic E-state index is 12.6. The summed E-state index contributed by atoms with van der Waals surface area (Å²) in [4.78, 5) is 24.1. The van der Waals surface area contributed by atoms with Crippen molar-refractivity contribution in [2.24, 2.45) is 7.05 Å². The summed E-state index contributed by atoms with van der Waals surface area (Å²) >= 11 is 0. The molecule has 0 saturated heterocycles. The van der Waals surface area contributed by atoms with Gasteiger partial charge in [0.05, 0.1) is 29.6 Å². The molecular weight excluding hydrogens is 330 g/mol. The Balaban J connectivity index is 1.54. The standard InChI is InChI=1S/C20H19N3O3/c1-23-18-9-5-4-8-14(18)17(22-23)11-19(24)21-16-10-15(20(25)26)12-6-2-3-7-13(12)16/h2-9,15-16H,10-11H2,1H3,(H,21,24)(H,25,26). The highest BCUT2D eigenvalue weighted by molar-refractivity contribution is 5.88. The fourth-order valence-electron chi connectivity index (χ4n) is 3.82. The van der Waals surface area contributed by atoms with Crippen LogP contribution in [-0.2, 0) is 23.1 Å². The zero-order valence-corrected chi connectivity index (χ0v) is 14.3. The topological polar surface area (TPSA) is 84.2 Å². The number of carbonyl (C=O) groups is 2. The number of para-hydroxylation sites is 1. The van der Waals surface area contributed by atoms with Crippen LogP contribution in [0.25, 0.3) is 10.9 Å². The van der Waals surface area contributed by atoms with Crippen LogP contribution in [0, 0.1) is 0 Å². The Morgan fingerprint density at radius 2 is 1.85 bits per heavy atom. The third kappa shape index (κ3) is 2.73. The number of hydrogen-bond acceptors (Lipinski definition) is 3. The number of carboxylic acids is 1. The molecule has 0 bridgehead atoms. The van der Waals surface area contributed by atoms with E-state index in [1.54, 1.807) is 4.68 Å². The van der Waals surface area contributed by atoms with E-state index in [0.717, 1.165) is 27.7 Å². The van der Waals surface area contributed by atoms with E-state index < -0.39 is 11.9 Å². The number of nitrogens with zero attached hydrogens (tertiary/aromatic N) is 2. The lowest BCUT2D eigenvalue weighted by Crippen LogP contribution is -2.29. The average Bonchev–Trinajstić information content (AvgIpc) is 3.14. The Morgan fingerprint density at radius 3 is 2.62 bits per heavy atom. The minimum absolute atomic E-state index is 0.153. The first-order chi connectivity index (χ1) is 12.5. The molecule has 0 fully saturated rings. The predicted octanol–water partition coefficient (Wildman–Crippen LogP) is 2.55. The van der Waals surface area contributed by atoms with E-state index >= 15 is 0 Å². The van der Waals surface area contributed by atoms with E-state index in [9.17, 15) is 14.7 Å². The van der Waals surface area contributed by atoms with E-state index in [1.165, 1.54) is 0 Å². The molecule has 2 atom stereocenters. The van der Waals surface area contributed by atoms with Gasteiger partial charge in [0.15, 0.2) is 0 Å². The van der Waals surface area contributed by atoms with Crippen LogP contribution >= 0.6 is 0 Å². The van der Waals surface area contributed by atoms with E-state index in [2.05, 4.69) is 10.4 Å². The molecule has 0 spiro atoms. The van der Waals surface area contributed by atoms with Crippen molar-refractivity contribution in [3.05, 3.63) is 65.4 Å². The molecule has 26 heavy (non-hydrogen) atoms. The number of rotatable bonds is 4. The van der Waals surface area contributed by atoms with Crippen LogP contribution in [0.2, 0.25) is 0 Å². The SMILES string of the molecule is Cn1nc(CC(=O)NC2CC(C(=O)O)c3ccccc32)c2ccccc21. The fourth-order valence-corrected chi connectivity index (χ4v) is 3.82. The Labute approximate surface area is 150 Å². The first-order valence-electron chi connectivity index (χ1n) is 8.56. The molecule has 2 aromatic carbocycles. The number of fused-ring (bicyclic) bond motifs is 2. The molecule has 1 heterocycles. The largest absolute Gasteiger partial charge is 0.481 e. The molecule has 1 aromatic heterocycles. The van der Waals surface area contributed by atoms with E-state index in [-0.39, 0.29) is 18.4 Å². The molecule has 0 saturated carbocycles. The molecule has 0 aliphatic heterocycles. The molecule has 1 amide bonds. The molecule has 1 aliphatic carbocycles. The van der Waals surface area contributed by atoms with Crippen LogP contribution < -0.4 is 5.32 Å². The third-order valence-electron chi connectivity index (χ3n) is 5.01. The first kappa shape index (κ1) is 16.3. The van der Waals surface area contributed by atoms with Crippen molar-refractivity contribution in [3.8, 4) is 0 Å². The van der Waals surface area contributed by atoms with Crippen LogP contribution in [0.1, 0.15) is 35.2 Å². The van der Waals surface area contributed by atoms with Gasteiger partial charge in [-0.05, 0) is 23.6 Å². The Kier molecular flexibility index (Phi) is 3.95. The van der Waals surface area contributed by atoms with Crippen LogP contribution in [0.4, 0.5) is 0 Å². The number of benzene rings is 2. The Bertz CT molecular complexity index is 1010. The second-order valence-corrected chi connectivity index (χ2v) is 6.64. The molecule has 1 aliphatic rings. The van der Waals surface area contributed by atoms with Crippen molar-refractivity contribution in [1.82, 2.24) is 15.1 Å². The lowest BCUT2D eigenvalue weighted by Gasteiger charge is -2.13. The predicted molar refractivity (Wildman–Crippen MR) is 96.7 cm³/mol. The van der Waals surface area contributed by atoms with Gasteiger partial charge in [-0.1, -0.05) is 42.5 Å². The van der Waals surface area contributed by atoms with Crippen molar-refractivity contribution in [3.63, 3.8) is 0 Å². The van der Waals surface area contributed by atoms with Crippen molar-refractivity contribution >= 4 is 22.8 Å². The van der Waals surface area contributed by atoms with Crippen LogP contribution in [-0.4, -0.2) is 26.8 Å². The van der Waals surface area contributed by atoms with Crippen LogP contribution in [0.15, 0.2) is 48.5 Å². The van der Waals surface area contributed by atoms with Gasteiger partial charge in [0, 0.05) is 12.4 Å². The highest BCUT2D eigenvalue weighted by Gasteiger charge is 2.35. The summed E-state index contributed by atoms with van der Waals surface area (Å²) in [7, 11) is 1.86. The molecule has 6 nitrogen and oxygen atoms in total. The van der Waals surface area contributed by atoms with Gasteiger partial charge in [0.25, 0.3) is 0 Å². The highest BCUT2D eigenvalue weighted by Crippen LogP contribution is 2.40. The molecule has 2 N–H and O–H groups in total. The van der Waals surface area contributed by atoms with Gasteiger partial charge in [0.1, 0.15) is 0 Å². The van der Waals surface area contributed by atoms with Gasteiger partial charge < -0.3 is 10.4 Å². The number of aromatic nitrogens is 2. The van der Waals surface area contributed by atoms with E-state index in [1.807, 2.05) is 55.6 Å². The zero-order valence-electron chi connectivity index (χ0n) is 14.3. The number of carboxylic acid groups (broad SMARTS) is 1. The molecule has 6 heteroatoms. The monoisotopic (exact) mass is 349 g/mol. The first-order valence-corrected chi connectivity index (χ1v) is 8.56. The molecule has 0 radical (unpaired) electrons. The lowest BCUT2D eigenvalue weighted by atomic mass is 10.0. The highest BCUT2D eigenvalue weighted by atomic mass is 16.4. The van der Waals surface area contributed by atoms with Crippen molar-refractivity contribution in [2.45, 2.75) is 24.8 Å². The summed E-state index contributed by atoms with van der Waals surface area (Å²) in [5.74, 6) is -1.59. The Hall–Kier alpha value is -3.15. The molecule has 3 aromatic rings. The van der Waals surface area contributed by atoms with Gasteiger partial charge in [0.2, 0.25) is 5.91 Å². The minimum atomic E-state index is -0.857. The van der Waals surface area contributed by atoms with E-state index in [0.29, 0.717) is 6.42 Å². The maximum absolute atomic E-state index is 12.6. The molecule has 132 valence electrons. The normalized spacial score (nSPS) is 18.7. The number of aryl methyl sites for hydroxylation is 1. The van der Waals surface area contributed by atoms with Crippen molar-refractivity contribution in [2.75, 3.05) is 0 Å². The maximum Gasteiger partial charge on any atom is 0.311 e. The van der Waals surface area contributed by atoms with Gasteiger partial charge in [-0.15, -0.1) is 0 Å². The fraction of sp³-hybridized carbons (Fsp3) is 0.250. The van der Waals surface area contributed by atoms with E-state index in [4.69, 9.17) is 0 Å². The summed E-state index contributed by atoms with van der Waals surface area (Å²) < 4.78 is 1.77. The number of nitrogens with one attached hydrogen (secondary N) is 1. The summed E-state index contributed by atoms with van der Waals surface area (Å²) in [6.07, 6.45) is 0.543. The molecule has 2 unspecified atom stereocenters. The second kappa shape index (κ2) is 6.29. The van der Waals surface area contributed by atoms with Gasteiger partial charge in [-0.25, -0.2) is 0 Å². The summed E-state index contributed by atoms with van der Waals surface area (Å²) in [6, 6.07) is 14.9. The smallest absolute Gasteiger partial charge is 0.311 e.